The minimum atomic E-state index is 0.566. The Hall–Kier alpha value is -0.890. The van der Waals surface area contributed by atoms with Crippen molar-refractivity contribution >= 4 is 0 Å². The van der Waals surface area contributed by atoms with Crippen LogP contribution in [-0.4, -0.2) is 17.6 Å². The van der Waals surface area contributed by atoms with Gasteiger partial charge in [0.25, 0.3) is 0 Å². The van der Waals surface area contributed by atoms with Crippen LogP contribution in [0.5, 0.6) is 0 Å². The zero-order chi connectivity index (χ0) is 13.2. The van der Waals surface area contributed by atoms with Gasteiger partial charge in [0.15, 0.2) is 0 Å². The Kier molecular flexibility index (Phi) is 7.66. The summed E-state index contributed by atoms with van der Waals surface area (Å²) in [6.07, 6.45) is 10.2. The molecule has 18 heavy (non-hydrogen) atoms. The van der Waals surface area contributed by atoms with Crippen molar-refractivity contribution in [2.75, 3.05) is 6.54 Å². The average Bonchev–Trinajstić information content (AvgIpc) is 2.43. The maximum atomic E-state index is 4.10. The first kappa shape index (κ1) is 15.2. The molecule has 0 fully saturated rings. The Morgan fingerprint density at radius 2 is 1.83 bits per heavy atom. The largest absolute Gasteiger partial charge is 0.313 e. The molecule has 102 valence electrons. The molecule has 2 nitrogen and oxygen atoms in total. The molecule has 0 aliphatic heterocycles. The van der Waals surface area contributed by atoms with Gasteiger partial charge in [-0.3, -0.25) is 4.98 Å². The van der Waals surface area contributed by atoms with E-state index in [1.807, 2.05) is 12.4 Å². The molecule has 1 heterocycles. The van der Waals surface area contributed by atoms with Crippen LogP contribution in [0.4, 0.5) is 0 Å². The van der Waals surface area contributed by atoms with Crippen LogP contribution >= 0.6 is 0 Å². The minimum absolute atomic E-state index is 0.566. The van der Waals surface area contributed by atoms with Crippen molar-refractivity contribution in [3.63, 3.8) is 0 Å². The molecule has 0 spiro atoms. The van der Waals surface area contributed by atoms with Crippen molar-refractivity contribution in [3.05, 3.63) is 30.1 Å². The second-order valence-electron chi connectivity index (χ2n) is 5.13. The van der Waals surface area contributed by atoms with Crippen molar-refractivity contribution in [1.29, 1.82) is 0 Å². The molecule has 0 aliphatic rings. The Balaban J connectivity index is 2.57. The Bertz CT molecular complexity index is 297. The van der Waals surface area contributed by atoms with Gasteiger partial charge in [0.2, 0.25) is 0 Å². The van der Waals surface area contributed by atoms with Crippen LogP contribution in [0.3, 0.4) is 0 Å². The SMILES string of the molecule is CCCCCC(NCCC)C(C)c1ccncc1. The highest BCUT2D eigenvalue weighted by atomic mass is 14.9. The topological polar surface area (TPSA) is 24.9 Å². The van der Waals surface area contributed by atoms with E-state index in [1.54, 1.807) is 0 Å². The molecule has 1 rings (SSSR count). The van der Waals surface area contributed by atoms with Crippen LogP contribution in [0.1, 0.15) is 64.4 Å². The van der Waals surface area contributed by atoms with Gasteiger partial charge in [-0.25, -0.2) is 0 Å². The first-order valence-corrected chi connectivity index (χ1v) is 7.42. The molecule has 1 aromatic heterocycles. The summed E-state index contributed by atoms with van der Waals surface area (Å²) in [4.78, 5) is 4.10. The lowest BCUT2D eigenvalue weighted by molar-refractivity contribution is 0.409. The number of nitrogens with zero attached hydrogens (tertiary/aromatic N) is 1. The third-order valence-corrected chi connectivity index (χ3v) is 3.61. The lowest BCUT2D eigenvalue weighted by Crippen LogP contribution is -2.34. The second kappa shape index (κ2) is 9.09. The number of unbranched alkanes of at least 4 members (excludes halogenated alkanes) is 2. The van der Waals surface area contributed by atoms with E-state index in [2.05, 4.69) is 43.2 Å². The lowest BCUT2D eigenvalue weighted by atomic mass is 9.90. The highest BCUT2D eigenvalue weighted by molar-refractivity contribution is 5.17. The van der Waals surface area contributed by atoms with Gasteiger partial charge in [0.05, 0.1) is 0 Å². The van der Waals surface area contributed by atoms with Crippen LogP contribution in [0.2, 0.25) is 0 Å². The van der Waals surface area contributed by atoms with Gasteiger partial charge < -0.3 is 5.32 Å². The summed E-state index contributed by atoms with van der Waals surface area (Å²) in [5, 5.41) is 3.71. The number of hydrogen-bond donors (Lipinski definition) is 1. The normalized spacial score (nSPS) is 14.4. The molecule has 2 heteroatoms. The van der Waals surface area contributed by atoms with Crippen molar-refractivity contribution in [2.45, 2.75) is 64.8 Å². The van der Waals surface area contributed by atoms with Gasteiger partial charge >= 0.3 is 0 Å². The van der Waals surface area contributed by atoms with Gasteiger partial charge in [-0.2, -0.15) is 0 Å². The molecule has 1 aromatic rings. The molecule has 1 N–H and O–H groups in total. The number of aromatic nitrogens is 1. The number of nitrogens with one attached hydrogen (secondary N) is 1. The summed E-state index contributed by atoms with van der Waals surface area (Å²) in [5.74, 6) is 0.566. The molecule has 0 saturated heterocycles. The average molecular weight is 248 g/mol. The zero-order valence-electron chi connectivity index (χ0n) is 12.2. The summed E-state index contributed by atoms with van der Waals surface area (Å²) in [7, 11) is 0. The molecule has 2 unspecified atom stereocenters. The maximum Gasteiger partial charge on any atom is 0.0270 e. The summed E-state index contributed by atoms with van der Waals surface area (Å²) >= 11 is 0. The number of rotatable bonds is 9. The van der Waals surface area contributed by atoms with E-state index in [4.69, 9.17) is 0 Å². The summed E-state index contributed by atoms with van der Waals surface area (Å²) in [6.45, 7) is 7.94. The molecular weight excluding hydrogens is 220 g/mol. The predicted molar refractivity (Wildman–Crippen MR) is 78.9 cm³/mol. The van der Waals surface area contributed by atoms with Crippen LogP contribution in [0.25, 0.3) is 0 Å². The fourth-order valence-corrected chi connectivity index (χ4v) is 2.37. The van der Waals surface area contributed by atoms with Gasteiger partial charge in [0.1, 0.15) is 0 Å². The molecule has 2 atom stereocenters. The molecule has 0 aromatic carbocycles. The van der Waals surface area contributed by atoms with E-state index < -0.39 is 0 Å². The molecule has 0 aliphatic carbocycles. The first-order chi connectivity index (χ1) is 8.79. The zero-order valence-corrected chi connectivity index (χ0v) is 12.2. The van der Waals surface area contributed by atoms with Crippen LogP contribution in [0.15, 0.2) is 24.5 Å². The minimum Gasteiger partial charge on any atom is -0.313 e. The van der Waals surface area contributed by atoms with E-state index in [0.29, 0.717) is 12.0 Å². The fraction of sp³-hybridized carbons (Fsp3) is 0.688. The van der Waals surface area contributed by atoms with Gasteiger partial charge in [-0.1, -0.05) is 40.0 Å². The Morgan fingerprint density at radius 3 is 2.44 bits per heavy atom. The maximum absolute atomic E-state index is 4.10. The number of pyridine rings is 1. The van der Waals surface area contributed by atoms with Crippen molar-refractivity contribution in [3.8, 4) is 0 Å². The van der Waals surface area contributed by atoms with Crippen LogP contribution in [0, 0.1) is 0 Å². The molecule has 0 saturated carbocycles. The lowest BCUT2D eigenvalue weighted by Gasteiger charge is -2.25. The highest BCUT2D eigenvalue weighted by Gasteiger charge is 2.17. The smallest absolute Gasteiger partial charge is 0.0270 e. The van der Waals surface area contributed by atoms with Crippen molar-refractivity contribution in [2.24, 2.45) is 0 Å². The molecule has 0 amide bonds. The fourth-order valence-electron chi connectivity index (χ4n) is 2.37. The molecular formula is C16H28N2. The quantitative estimate of drug-likeness (QED) is 0.665. The van der Waals surface area contributed by atoms with Crippen molar-refractivity contribution in [1.82, 2.24) is 10.3 Å². The van der Waals surface area contributed by atoms with E-state index >= 15 is 0 Å². The van der Waals surface area contributed by atoms with Gasteiger partial charge in [-0.05, 0) is 43.0 Å². The summed E-state index contributed by atoms with van der Waals surface area (Å²) < 4.78 is 0. The van der Waals surface area contributed by atoms with Crippen molar-refractivity contribution < 1.29 is 0 Å². The Morgan fingerprint density at radius 1 is 1.11 bits per heavy atom. The van der Waals surface area contributed by atoms with E-state index in [0.717, 1.165) is 6.54 Å². The highest BCUT2D eigenvalue weighted by Crippen LogP contribution is 2.22. The third kappa shape index (κ3) is 5.18. The standard InChI is InChI=1S/C16H28N2/c1-4-6-7-8-16(18-11-5-2)14(3)15-9-12-17-13-10-15/h9-10,12-14,16,18H,4-8,11H2,1-3H3. The van der Waals surface area contributed by atoms with Crippen LogP contribution < -0.4 is 5.32 Å². The summed E-state index contributed by atoms with van der Waals surface area (Å²) in [6, 6.07) is 4.88. The van der Waals surface area contributed by atoms with Gasteiger partial charge in [0, 0.05) is 18.4 Å². The predicted octanol–water partition coefficient (Wildman–Crippen LogP) is 4.13. The Labute approximate surface area is 112 Å². The van der Waals surface area contributed by atoms with Crippen LogP contribution in [-0.2, 0) is 0 Å². The monoisotopic (exact) mass is 248 g/mol. The third-order valence-electron chi connectivity index (χ3n) is 3.61. The van der Waals surface area contributed by atoms with E-state index in [-0.39, 0.29) is 0 Å². The van der Waals surface area contributed by atoms with E-state index in [9.17, 15) is 0 Å². The summed E-state index contributed by atoms with van der Waals surface area (Å²) in [5.41, 5.74) is 1.40. The first-order valence-electron chi connectivity index (χ1n) is 7.42. The van der Waals surface area contributed by atoms with Gasteiger partial charge in [-0.15, -0.1) is 0 Å². The second-order valence-corrected chi connectivity index (χ2v) is 5.13. The number of hydrogen-bond acceptors (Lipinski definition) is 2. The van der Waals surface area contributed by atoms with E-state index in [1.165, 1.54) is 37.7 Å². The molecule has 0 radical (unpaired) electrons. The molecule has 0 bridgehead atoms.